The summed E-state index contributed by atoms with van der Waals surface area (Å²) in [6, 6.07) is 5.11. The summed E-state index contributed by atoms with van der Waals surface area (Å²) in [6.07, 6.45) is 0. The van der Waals surface area contributed by atoms with Gasteiger partial charge in [-0.05, 0) is 11.6 Å². The van der Waals surface area contributed by atoms with Crippen LogP contribution in [0, 0.1) is 5.82 Å². The molecule has 0 saturated carbocycles. The highest BCUT2D eigenvalue weighted by Crippen LogP contribution is 2.27. The first-order valence-electron chi connectivity index (χ1n) is 5.15. The van der Waals surface area contributed by atoms with E-state index in [2.05, 4.69) is 15.9 Å². The Kier molecular flexibility index (Phi) is 3.97. The van der Waals surface area contributed by atoms with E-state index >= 15 is 0 Å². The third-order valence-corrected chi connectivity index (χ3v) is 4.59. The Morgan fingerprint density at radius 2 is 2.06 bits per heavy atom. The number of halogens is 2. The molecule has 0 aliphatic carbocycles. The standard InChI is InChI=1S/C11H13BrFNOS/c12-8-9-2-1-3-10(13)11(9)14-4-6-16(15)7-5-14/h1-3H,4-8H2. The van der Waals surface area contributed by atoms with E-state index in [1.165, 1.54) is 6.07 Å². The lowest BCUT2D eigenvalue weighted by atomic mass is 10.1. The summed E-state index contributed by atoms with van der Waals surface area (Å²) in [4.78, 5) is 1.99. The number of nitrogens with zero attached hydrogens (tertiary/aromatic N) is 1. The van der Waals surface area contributed by atoms with E-state index in [-0.39, 0.29) is 5.82 Å². The van der Waals surface area contributed by atoms with Crippen LogP contribution in [0.3, 0.4) is 0 Å². The van der Waals surface area contributed by atoms with Gasteiger partial charge in [-0.1, -0.05) is 28.1 Å². The molecule has 0 unspecified atom stereocenters. The van der Waals surface area contributed by atoms with Gasteiger partial charge in [0.25, 0.3) is 0 Å². The first-order chi connectivity index (χ1) is 7.72. The number of rotatable bonds is 2. The topological polar surface area (TPSA) is 20.3 Å². The SMILES string of the molecule is O=S1CCN(c2c(F)cccc2CBr)CC1. The maximum absolute atomic E-state index is 13.8. The van der Waals surface area contributed by atoms with Crippen LogP contribution in [0.15, 0.2) is 18.2 Å². The highest BCUT2D eigenvalue weighted by molar-refractivity contribution is 9.08. The van der Waals surface area contributed by atoms with E-state index < -0.39 is 10.8 Å². The molecule has 0 N–H and O–H groups in total. The molecule has 1 saturated heterocycles. The van der Waals surface area contributed by atoms with Crippen molar-refractivity contribution in [2.24, 2.45) is 0 Å². The summed E-state index contributed by atoms with van der Waals surface area (Å²) in [5.74, 6) is 1.08. The summed E-state index contributed by atoms with van der Waals surface area (Å²) in [6.45, 7) is 1.35. The molecule has 2 rings (SSSR count). The number of anilines is 1. The van der Waals surface area contributed by atoms with Gasteiger partial charge in [0.2, 0.25) is 0 Å². The molecule has 0 radical (unpaired) electrons. The smallest absolute Gasteiger partial charge is 0.146 e. The van der Waals surface area contributed by atoms with Crippen molar-refractivity contribution in [3.8, 4) is 0 Å². The van der Waals surface area contributed by atoms with Crippen LogP contribution >= 0.6 is 15.9 Å². The lowest BCUT2D eigenvalue weighted by Crippen LogP contribution is -2.38. The minimum atomic E-state index is -0.726. The van der Waals surface area contributed by atoms with Gasteiger partial charge in [0, 0.05) is 40.7 Å². The highest BCUT2D eigenvalue weighted by Gasteiger charge is 2.20. The van der Waals surface area contributed by atoms with Crippen LogP contribution in [0.25, 0.3) is 0 Å². The lowest BCUT2D eigenvalue weighted by molar-refractivity contribution is 0.615. The van der Waals surface area contributed by atoms with Gasteiger partial charge >= 0.3 is 0 Å². The molecule has 0 atom stereocenters. The van der Waals surface area contributed by atoms with E-state index in [0.29, 0.717) is 35.6 Å². The minimum absolute atomic E-state index is 0.190. The summed E-state index contributed by atoms with van der Waals surface area (Å²) in [7, 11) is -0.726. The van der Waals surface area contributed by atoms with E-state index in [9.17, 15) is 8.60 Å². The maximum atomic E-state index is 13.8. The highest BCUT2D eigenvalue weighted by atomic mass is 79.9. The first kappa shape index (κ1) is 12.0. The number of hydrogen-bond acceptors (Lipinski definition) is 2. The molecule has 1 aliphatic rings. The third-order valence-electron chi connectivity index (χ3n) is 2.71. The first-order valence-corrected chi connectivity index (χ1v) is 7.76. The van der Waals surface area contributed by atoms with Crippen LogP contribution in [0.1, 0.15) is 5.56 Å². The molecule has 0 spiro atoms. The van der Waals surface area contributed by atoms with Gasteiger partial charge in [0.05, 0.1) is 5.69 Å². The summed E-state index contributed by atoms with van der Waals surface area (Å²) in [5, 5.41) is 0.639. The van der Waals surface area contributed by atoms with Crippen LogP contribution in [0.5, 0.6) is 0 Å². The van der Waals surface area contributed by atoms with Crippen molar-refractivity contribution in [2.45, 2.75) is 5.33 Å². The summed E-state index contributed by atoms with van der Waals surface area (Å²) in [5.41, 5.74) is 1.61. The van der Waals surface area contributed by atoms with Crippen molar-refractivity contribution in [2.75, 3.05) is 29.5 Å². The van der Waals surface area contributed by atoms with E-state index in [4.69, 9.17) is 0 Å². The van der Waals surface area contributed by atoms with Gasteiger partial charge in [0.1, 0.15) is 5.82 Å². The van der Waals surface area contributed by atoms with Gasteiger partial charge in [-0.25, -0.2) is 4.39 Å². The second-order valence-electron chi connectivity index (χ2n) is 3.72. The van der Waals surface area contributed by atoms with E-state index in [1.54, 1.807) is 6.07 Å². The van der Waals surface area contributed by atoms with Gasteiger partial charge in [-0.3, -0.25) is 4.21 Å². The fourth-order valence-electron chi connectivity index (χ4n) is 1.88. The van der Waals surface area contributed by atoms with Crippen LogP contribution in [-0.4, -0.2) is 28.8 Å². The van der Waals surface area contributed by atoms with Gasteiger partial charge < -0.3 is 4.90 Å². The van der Waals surface area contributed by atoms with Crippen LogP contribution in [0.4, 0.5) is 10.1 Å². The number of hydrogen-bond donors (Lipinski definition) is 0. The average molecular weight is 306 g/mol. The zero-order chi connectivity index (χ0) is 11.5. The van der Waals surface area contributed by atoms with Crippen LogP contribution in [0.2, 0.25) is 0 Å². The number of benzene rings is 1. The Hall–Kier alpha value is -0.420. The molecule has 16 heavy (non-hydrogen) atoms. The molecule has 1 aromatic carbocycles. The van der Waals surface area contributed by atoms with Crippen molar-refractivity contribution in [1.82, 2.24) is 0 Å². The molecule has 0 aromatic heterocycles. The van der Waals surface area contributed by atoms with Gasteiger partial charge in [-0.2, -0.15) is 0 Å². The van der Waals surface area contributed by atoms with Gasteiger partial charge in [0.15, 0.2) is 0 Å². The fraction of sp³-hybridized carbons (Fsp3) is 0.455. The van der Waals surface area contributed by atoms with E-state index in [0.717, 1.165) is 5.56 Å². The Morgan fingerprint density at radius 3 is 2.69 bits per heavy atom. The number of alkyl halides is 1. The molecular weight excluding hydrogens is 293 g/mol. The molecule has 5 heteroatoms. The summed E-state index contributed by atoms with van der Waals surface area (Å²) >= 11 is 3.37. The van der Waals surface area contributed by atoms with Crippen molar-refractivity contribution >= 4 is 32.4 Å². The third kappa shape index (κ3) is 2.46. The molecule has 88 valence electrons. The Bertz CT molecular complexity index is 403. The summed E-state index contributed by atoms with van der Waals surface area (Å²) < 4.78 is 25.0. The molecule has 0 amide bonds. The molecular formula is C11H13BrFNOS. The molecule has 1 aromatic rings. The van der Waals surface area contributed by atoms with Crippen LogP contribution < -0.4 is 4.90 Å². The van der Waals surface area contributed by atoms with Crippen LogP contribution in [-0.2, 0) is 16.1 Å². The molecule has 1 aliphatic heterocycles. The predicted octanol–water partition coefficient (Wildman–Crippen LogP) is 2.29. The minimum Gasteiger partial charge on any atom is -0.367 e. The fourth-order valence-corrected chi connectivity index (χ4v) is 3.39. The molecule has 1 heterocycles. The normalized spacial score (nSPS) is 17.8. The predicted molar refractivity (Wildman–Crippen MR) is 69.1 cm³/mol. The zero-order valence-corrected chi connectivity index (χ0v) is 11.2. The Morgan fingerprint density at radius 1 is 1.38 bits per heavy atom. The van der Waals surface area contributed by atoms with Gasteiger partial charge in [-0.15, -0.1) is 0 Å². The van der Waals surface area contributed by atoms with E-state index in [1.807, 2.05) is 11.0 Å². The Balaban J connectivity index is 2.28. The Labute approximate surface area is 105 Å². The average Bonchev–Trinajstić information content (AvgIpc) is 2.30. The van der Waals surface area contributed by atoms with Crippen molar-refractivity contribution in [3.05, 3.63) is 29.6 Å². The second-order valence-corrected chi connectivity index (χ2v) is 5.97. The molecule has 0 bridgehead atoms. The number of para-hydroxylation sites is 1. The quantitative estimate of drug-likeness (QED) is 0.782. The lowest BCUT2D eigenvalue weighted by Gasteiger charge is -2.30. The zero-order valence-electron chi connectivity index (χ0n) is 8.79. The van der Waals surface area contributed by atoms with Crippen molar-refractivity contribution in [1.29, 1.82) is 0 Å². The molecule has 2 nitrogen and oxygen atoms in total. The second kappa shape index (κ2) is 5.27. The largest absolute Gasteiger partial charge is 0.367 e. The maximum Gasteiger partial charge on any atom is 0.146 e. The van der Waals surface area contributed by atoms with Crippen molar-refractivity contribution < 1.29 is 8.60 Å². The molecule has 1 fully saturated rings. The monoisotopic (exact) mass is 305 g/mol. The van der Waals surface area contributed by atoms with Crippen molar-refractivity contribution in [3.63, 3.8) is 0 Å².